The second-order valence-corrected chi connectivity index (χ2v) is 8.45. The van der Waals surface area contributed by atoms with Crippen molar-refractivity contribution in [3.8, 4) is 0 Å². The minimum Gasteiger partial charge on any atom is -0.465 e. The predicted molar refractivity (Wildman–Crippen MR) is 98.1 cm³/mol. The van der Waals surface area contributed by atoms with Crippen molar-refractivity contribution in [1.82, 2.24) is 9.80 Å². The topological polar surface area (TPSA) is 36.7 Å². The molecule has 4 heteroatoms. The smallest absolute Gasteiger partial charge is 0.222 e. The standard InChI is InChI=1S/C21H32N2O2/c1-16-7-9-19(25-16)15-22-12-11-20-18(14-22)8-10-21(24)23(20)13-17-5-3-2-4-6-17/h7,9,17-18,20H,2-6,8,10-15H2,1H3/t18-,20+/m1/s1. The molecule has 4 nitrogen and oxygen atoms in total. The predicted octanol–water partition coefficient (Wildman–Crippen LogP) is 3.98. The summed E-state index contributed by atoms with van der Waals surface area (Å²) >= 11 is 0. The maximum atomic E-state index is 12.6. The molecular weight excluding hydrogens is 312 g/mol. The van der Waals surface area contributed by atoms with E-state index < -0.39 is 0 Å². The molecule has 1 amide bonds. The summed E-state index contributed by atoms with van der Waals surface area (Å²) in [6.45, 7) is 6.13. The number of hydrogen-bond donors (Lipinski definition) is 0. The highest BCUT2D eigenvalue weighted by Gasteiger charge is 2.40. The van der Waals surface area contributed by atoms with Gasteiger partial charge in [-0.2, -0.15) is 0 Å². The molecule has 1 saturated carbocycles. The van der Waals surface area contributed by atoms with Gasteiger partial charge in [0.1, 0.15) is 11.5 Å². The monoisotopic (exact) mass is 344 g/mol. The summed E-state index contributed by atoms with van der Waals surface area (Å²) < 4.78 is 5.75. The zero-order valence-corrected chi connectivity index (χ0v) is 15.6. The summed E-state index contributed by atoms with van der Waals surface area (Å²) in [5.41, 5.74) is 0. The Balaban J connectivity index is 1.37. The Hall–Kier alpha value is -1.29. The molecule has 3 fully saturated rings. The Morgan fingerprint density at radius 1 is 1.12 bits per heavy atom. The zero-order valence-electron chi connectivity index (χ0n) is 15.6. The van der Waals surface area contributed by atoms with Crippen molar-refractivity contribution in [3.63, 3.8) is 0 Å². The van der Waals surface area contributed by atoms with Crippen molar-refractivity contribution < 1.29 is 9.21 Å². The van der Waals surface area contributed by atoms with E-state index in [2.05, 4.69) is 15.9 Å². The van der Waals surface area contributed by atoms with Crippen LogP contribution in [0.15, 0.2) is 16.5 Å². The number of piperidine rings is 2. The molecule has 3 heterocycles. The number of furan rings is 1. The third-order valence-corrected chi connectivity index (χ3v) is 6.58. The Labute approximate surface area is 151 Å². The molecule has 0 unspecified atom stereocenters. The lowest BCUT2D eigenvalue weighted by Gasteiger charge is -2.48. The Morgan fingerprint density at radius 3 is 2.72 bits per heavy atom. The van der Waals surface area contributed by atoms with E-state index in [1.54, 1.807) is 0 Å². The van der Waals surface area contributed by atoms with Gasteiger partial charge in [-0.05, 0) is 56.6 Å². The Kier molecular flexibility index (Phi) is 5.16. The molecule has 138 valence electrons. The van der Waals surface area contributed by atoms with Crippen LogP contribution in [-0.4, -0.2) is 41.4 Å². The first-order chi connectivity index (χ1) is 12.2. The maximum Gasteiger partial charge on any atom is 0.222 e. The summed E-state index contributed by atoms with van der Waals surface area (Å²) in [6, 6.07) is 4.63. The van der Waals surface area contributed by atoms with Crippen molar-refractivity contribution in [2.24, 2.45) is 11.8 Å². The molecule has 0 N–H and O–H groups in total. The first-order valence-electron chi connectivity index (χ1n) is 10.3. The van der Waals surface area contributed by atoms with Gasteiger partial charge in [-0.25, -0.2) is 0 Å². The number of rotatable bonds is 4. The van der Waals surface area contributed by atoms with E-state index in [0.717, 1.165) is 62.9 Å². The number of carbonyl (C=O) groups excluding carboxylic acids is 1. The van der Waals surface area contributed by atoms with Crippen LogP contribution in [0.5, 0.6) is 0 Å². The third kappa shape index (κ3) is 3.94. The number of carbonyl (C=O) groups is 1. The summed E-state index contributed by atoms with van der Waals surface area (Å²) in [6.07, 6.45) is 9.70. The van der Waals surface area contributed by atoms with Gasteiger partial charge in [-0.1, -0.05) is 19.3 Å². The molecule has 2 aliphatic heterocycles. The zero-order chi connectivity index (χ0) is 17.2. The van der Waals surface area contributed by atoms with Crippen molar-refractivity contribution in [2.45, 2.75) is 70.9 Å². The van der Waals surface area contributed by atoms with E-state index in [4.69, 9.17) is 4.42 Å². The lowest BCUT2D eigenvalue weighted by Crippen LogP contribution is -2.56. The lowest BCUT2D eigenvalue weighted by atomic mass is 9.81. The summed E-state index contributed by atoms with van der Waals surface area (Å²) in [5.74, 6) is 3.88. The number of fused-ring (bicyclic) bond motifs is 1. The van der Waals surface area contributed by atoms with E-state index in [1.807, 2.05) is 13.0 Å². The molecule has 0 bridgehead atoms. The van der Waals surface area contributed by atoms with Crippen LogP contribution >= 0.6 is 0 Å². The van der Waals surface area contributed by atoms with Crippen molar-refractivity contribution in [2.75, 3.05) is 19.6 Å². The van der Waals surface area contributed by atoms with Crippen molar-refractivity contribution in [3.05, 3.63) is 23.7 Å². The van der Waals surface area contributed by atoms with Crippen molar-refractivity contribution in [1.29, 1.82) is 0 Å². The quantitative estimate of drug-likeness (QED) is 0.829. The first kappa shape index (κ1) is 17.1. The van der Waals surface area contributed by atoms with Gasteiger partial charge >= 0.3 is 0 Å². The van der Waals surface area contributed by atoms with Gasteiger partial charge < -0.3 is 9.32 Å². The average molecular weight is 344 g/mol. The van der Waals surface area contributed by atoms with Crippen LogP contribution in [0.3, 0.4) is 0 Å². The number of aryl methyl sites for hydroxylation is 1. The van der Waals surface area contributed by atoms with E-state index in [0.29, 0.717) is 17.9 Å². The fraction of sp³-hybridized carbons (Fsp3) is 0.762. The molecule has 0 aromatic carbocycles. The highest BCUT2D eigenvalue weighted by molar-refractivity contribution is 5.77. The van der Waals surface area contributed by atoms with Gasteiger partial charge in [0.05, 0.1) is 6.54 Å². The SMILES string of the molecule is Cc1ccc(CN2CC[C@H]3[C@H](CCC(=O)N3CC3CCCCC3)C2)o1. The average Bonchev–Trinajstić information content (AvgIpc) is 3.03. The Bertz CT molecular complexity index is 590. The molecule has 0 radical (unpaired) electrons. The fourth-order valence-electron chi connectivity index (χ4n) is 5.25. The summed E-state index contributed by atoms with van der Waals surface area (Å²) in [4.78, 5) is 17.4. The lowest BCUT2D eigenvalue weighted by molar-refractivity contribution is -0.142. The summed E-state index contributed by atoms with van der Waals surface area (Å²) in [5, 5.41) is 0. The fourth-order valence-corrected chi connectivity index (χ4v) is 5.25. The summed E-state index contributed by atoms with van der Waals surface area (Å²) in [7, 11) is 0. The van der Waals surface area contributed by atoms with Crippen LogP contribution in [0.4, 0.5) is 0 Å². The van der Waals surface area contributed by atoms with Crippen LogP contribution in [0.1, 0.15) is 62.9 Å². The van der Waals surface area contributed by atoms with E-state index in [-0.39, 0.29) is 0 Å². The van der Waals surface area contributed by atoms with Gasteiger partial charge in [0.25, 0.3) is 0 Å². The van der Waals surface area contributed by atoms with E-state index >= 15 is 0 Å². The number of amides is 1. The second kappa shape index (κ2) is 7.53. The normalized spacial score (nSPS) is 29.0. The molecule has 25 heavy (non-hydrogen) atoms. The number of likely N-dealkylation sites (tertiary alicyclic amines) is 2. The Morgan fingerprint density at radius 2 is 1.96 bits per heavy atom. The third-order valence-electron chi connectivity index (χ3n) is 6.58. The molecule has 1 aliphatic carbocycles. The van der Waals surface area contributed by atoms with Crippen LogP contribution in [0.2, 0.25) is 0 Å². The molecule has 1 aromatic heterocycles. The van der Waals surface area contributed by atoms with Crippen molar-refractivity contribution >= 4 is 5.91 Å². The minimum absolute atomic E-state index is 0.418. The molecule has 0 spiro atoms. The molecule has 2 atom stereocenters. The van der Waals surface area contributed by atoms with Gasteiger partial charge in [0.15, 0.2) is 0 Å². The van der Waals surface area contributed by atoms with Gasteiger partial charge in [-0.15, -0.1) is 0 Å². The van der Waals surface area contributed by atoms with Crippen LogP contribution < -0.4 is 0 Å². The van der Waals surface area contributed by atoms with Gasteiger partial charge in [-0.3, -0.25) is 9.69 Å². The van der Waals surface area contributed by atoms with Gasteiger partial charge in [0, 0.05) is 32.1 Å². The molecule has 4 rings (SSSR count). The highest BCUT2D eigenvalue weighted by Crippen LogP contribution is 2.34. The highest BCUT2D eigenvalue weighted by atomic mass is 16.3. The minimum atomic E-state index is 0.418. The van der Waals surface area contributed by atoms with Crippen LogP contribution in [-0.2, 0) is 11.3 Å². The van der Waals surface area contributed by atoms with E-state index in [9.17, 15) is 4.79 Å². The maximum absolute atomic E-state index is 12.6. The van der Waals surface area contributed by atoms with Crippen LogP contribution in [0, 0.1) is 18.8 Å². The largest absolute Gasteiger partial charge is 0.465 e. The van der Waals surface area contributed by atoms with E-state index in [1.165, 1.54) is 32.1 Å². The number of nitrogens with zero attached hydrogens (tertiary/aromatic N) is 2. The second-order valence-electron chi connectivity index (χ2n) is 8.45. The molecule has 2 saturated heterocycles. The molecule has 1 aromatic rings. The first-order valence-corrected chi connectivity index (χ1v) is 10.3. The number of hydrogen-bond acceptors (Lipinski definition) is 3. The van der Waals surface area contributed by atoms with Gasteiger partial charge in [0.2, 0.25) is 5.91 Å². The molecule has 3 aliphatic rings. The molecular formula is C21H32N2O2. The van der Waals surface area contributed by atoms with Crippen LogP contribution in [0.25, 0.3) is 0 Å².